The van der Waals surface area contributed by atoms with Crippen molar-refractivity contribution in [3.05, 3.63) is 58.1 Å². The molecule has 0 bridgehead atoms. The second-order valence-electron chi connectivity index (χ2n) is 5.42. The van der Waals surface area contributed by atoms with Crippen molar-refractivity contribution >= 4 is 40.2 Å². The molecule has 1 aliphatic rings. The lowest BCUT2D eigenvalue weighted by atomic mass is 9.99. The fourth-order valence-electron chi connectivity index (χ4n) is 2.87. The molecule has 3 rings (SSSR count). The van der Waals surface area contributed by atoms with E-state index in [2.05, 4.69) is 30.0 Å². The number of benzene rings is 2. The molecule has 0 aromatic heterocycles. The van der Waals surface area contributed by atoms with Crippen LogP contribution >= 0.6 is 23.8 Å². The minimum absolute atomic E-state index is 0.334. The van der Waals surface area contributed by atoms with Gasteiger partial charge in [-0.3, -0.25) is 0 Å². The van der Waals surface area contributed by atoms with Crippen LogP contribution in [0.2, 0.25) is 5.02 Å². The van der Waals surface area contributed by atoms with Crippen molar-refractivity contribution < 1.29 is 0 Å². The number of aryl methyl sites for hydroxylation is 2. The standard InChI is InChI=1S/C17H17ClN2S/c1-11-4-7-16-12(9-11)3-2-8-20(16)13-5-6-14(17(19)21)15(18)10-13/h4-7,9-10H,2-3,8H2,1H3,(H2,19,21). The average molecular weight is 317 g/mol. The van der Waals surface area contributed by atoms with Crippen LogP contribution in [0.4, 0.5) is 11.4 Å². The summed E-state index contributed by atoms with van der Waals surface area (Å²) in [5.74, 6) is 0. The summed E-state index contributed by atoms with van der Waals surface area (Å²) in [5, 5.41) is 0.610. The summed E-state index contributed by atoms with van der Waals surface area (Å²) in [7, 11) is 0. The number of anilines is 2. The Morgan fingerprint density at radius 1 is 1.24 bits per heavy atom. The number of halogens is 1. The SMILES string of the molecule is Cc1ccc2c(c1)CCCN2c1ccc(C(N)=S)c(Cl)c1. The van der Waals surface area contributed by atoms with E-state index in [1.807, 2.05) is 18.2 Å². The number of nitrogens with zero attached hydrogens (tertiary/aromatic N) is 1. The largest absolute Gasteiger partial charge is 0.389 e. The van der Waals surface area contributed by atoms with E-state index in [1.54, 1.807) is 0 Å². The predicted molar refractivity (Wildman–Crippen MR) is 93.8 cm³/mol. The minimum Gasteiger partial charge on any atom is -0.389 e. The van der Waals surface area contributed by atoms with E-state index in [0.29, 0.717) is 10.0 Å². The third kappa shape index (κ3) is 2.76. The molecule has 0 amide bonds. The van der Waals surface area contributed by atoms with E-state index in [-0.39, 0.29) is 0 Å². The van der Waals surface area contributed by atoms with Gasteiger partial charge in [0, 0.05) is 23.5 Å². The average Bonchev–Trinajstić information content (AvgIpc) is 2.45. The molecule has 2 nitrogen and oxygen atoms in total. The van der Waals surface area contributed by atoms with E-state index in [1.165, 1.54) is 16.8 Å². The van der Waals surface area contributed by atoms with E-state index in [9.17, 15) is 0 Å². The second kappa shape index (κ2) is 5.66. The van der Waals surface area contributed by atoms with E-state index in [4.69, 9.17) is 29.6 Å². The van der Waals surface area contributed by atoms with E-state index >= 15 is 0 Å². The van der Waals surface area contributed by atoms with Crippen LogP contribution in [0.5, 0.6) is 0 Å². The summed E-state index contributed by atoms with van der Waals surface area (Å²) in [6.07, 6.45) is 2.28. The van der Waals surface area contributed by atoms with Gasteiger partial charge in [0.15, 0.2) is 0 Å². The fraction of sp³-hybridized carbons (Fsp3) is 0.235. The maximum Gasteiger partial charge on any atom is 0.105 e. The zero-order chi connectivity index (χ0) is 15.0. The number of fused-ring (bicyclic) bond motifs is 1. The Balaban J connectivity index is 2.03. The third-order valence-corrected chi connectivity index (χ3v) is 4.42. The molecule has 1 aliphatic heterocycles. The first-order chi connectivity index (χ1) is 10.1. The number of rotatable bonds is 2. The van der Waals surface area contributed by atoms with Crippen LogP contribution in [0, 0.1) is 6.92 Å². The highest BCUT2D eigenvalue weighted by Gasteiger charge is 2.19. The zero-order valence-electron chi connectivity index (χ0n) is 11.9. The molecule has 0 spiro atoms. The van der Waals surface area contributed by atoms with Gasteiger partial charge in [-0.15, -0.1) is 0 Å². The molecule has 0 saturated carbocycles. The highest BCUT2D eigenvalue weighted by molar-refractivity contribution is 7.80. The van der Waals surface area contributed by atoms with Crippen molar-refractivity contribution in [2.75, 3.05) is 11.4 Å². The van der Waals surface area contributed by atoms with Crippen molar-refractivity contribution in [3.63, 3.8) is 0 Å². The molecule has 108 valence electrons. The molecule has 2 aromatic carbocycles. The molecule has 4 heteroatoms. The summed E-state index contributed by atoms with van der Waals surface area (Å²) in [6, 6.07) is 12.5. The van der Waals surface area contributed by atoms with Gasteiger partial charge in [0.25, 0.3) is 0 Å². The van der Waals surface area contributed by atoms with Gasteiger partial charge in [-0.05, 0) is 49.6 Å². The molecular weight excluding hydrogens is 300 g/mol. The molecular formula is C17H17ClN2S. The molecule has 0 radical (unpaired) electrons. The summed E-state index contributed by atoms with van der Waals surface area (Å²) < 4.78 is 0. The number of hydrogen-bond acceptors (Lipinski definition) is 2. The van der Waals surface area contributed by atoms with Crippen molar-refractivity contribution in [3.8, 4) is 0 Å². The summed E-state index contributed by atoms with van der Waals surface area (Å²) in [6.45, 7) is 3.13. The summed E-state index contributed by atoms with van der Waals surface area (Å²) in [5.41, 5.74) is 11.5. The van der Waals surface area contributed by atoms with Crippen molar-refractivity contribution in [1.82, 2.24) is 0 Å². The summed E-state index contributed by atoms with van der Waals surface area (Å²) >= 11 is 11.3. The van der Waals surface area contributed by atoms with Crippen LogP contribution < -0.4 is 10.6 Å². The Labute approximate surface area is 135 Å². The first kappa shape index (κ1) is 14.4. The van der Waals surface area contributed by atoms with E-state index < -0.39 is 0 Å². The monoisotopic (exact) mass is 316 g/mol. The van der Waals surface area contributed by atoms with Gasteiger partial charge >= 0.3 is 0 Å². The molecule has 1 heterocycles. The maximum atomic E-state index is 6.30. The first-order valence-electron chi connectivity index (χ1n) is 7.02. The number of hydrogen-bond donors (Lipinski definition) is 1. The highest BCUT2D eigenvalue weighted by atomic mass is 35.5. The topological polar surface area (TPSA) is 29.3 Å². The minimum atomic E-state index is 0.334. The van der Waals surface area contributed by atoms with Crippen LogP contribution in [0.25, 0.3) is 0 Å². The Morgan fingerprint density at radius 3 is 2.76 bits per heavy atom. The van der Waals surface area contributed by atoms with Crippen molar-refractivity contribution in [1.29, 1.82) is 0 Å². The third-order valence-electron chi connectivity index (χ3n) is 3.88. The van der Waals surface area contributed by atoms with Gasteiger partial charge in [-0.1, -0.05) is 41.5 Å². The lowest BCUT2D eigenvalue weighted by Gasteiger charge is -2.32. The smallest absolute Gasteiger partial charge is 0.105 e. The van der Waals surface area contributed by atoms with Crippen LogP contribution in [-0.2, 0) is 6.42 Å². The van der Waals surface area contributed by atoms with Gasteiger partial charge in [0.05, 0.1) is 5.02 Å². The first-order valence-corrected chi connectivity index (χ1v) is 7.81. The lowest BCUT2D eigenvalue weighted by Crippen LogP contribution is -2.24. The van der Waals surface area contributed by atoms with Gasteiger partial charge in [0.1, 0.15) is 4.99 Å². The normalized spacial score (nSPS) is 13.9. The Hall–Kier alpha value is -1.58. The fourth-order valence-corrected chi connectivity index (χ4v) is 3.38. The van der Waals surface area contributed by atoms with Gasteiger partial charge in [-0.25, -0.2) is 0 Å². The number of thiocarbonyl (C=S) groups is 1. The summed E-state index contributed by atoms with van der Waals surface area (Å²) in [4.78, 5) is 2.65. The highest BCUT2D eigenvalue weighted by Crippen LogP contribution is 2.35. The van der Waals surface area contributed by atoms with Crippen LogP contribution in [0.3, 0.4) is 0 Å². The van der Waals surface area contributed by atoms with Crippen molar-refractivity contribution in [2.45, 2.75) is 19.8 Å². The van der Waals surface area contributed by atoms with Gasteiger partial charge < -0.3 is 10.6 Å². The molecule has 0 saturated heterocycles. The molecule has 2 N–H and O–H groups in total. The molecule has 21 heavy (non-hydrogen) atoms. The molecule has 2 aromatic rings. The molecule has 0 aliphatic carbocycles. The molecule has 0 fully saturated rings. The van der Waals surface area contributed by atoms with Gasteiger partial charge in [-0.2, -0.15) is 0 Å². The quantitative estimate of drug-likeness (QED) is 0.834. The Morgan fingerprint density at radius 2 is 2.05 bits per heavy atom. The maximum absolute atomic E-state index is 6.30. The van der Waals surface area contributed by atoms with Crippen LogP contribution in [-0.4, -0.2) is 11.5 Å². The predicted octanol–water partition coefficient (Wildman–Crippen LogP) is 4.37. The number of nitrogens with two attached hydrogens (primary N) is 1. The van der Waals surface area contributed by atoms with Gasteiger partial charge in [0.2, 0.25) is 0 Å². The van der Waals surface area contributed by atoms with Crippen LogP contribution in [0.1, 0.15) is 23.1 Å². The zero-order valence-corrected chi connectivity index (χ0v) is 13.5. The lowest BCUT2D eigenvalue weighted by molar-refractivity contribution is 0.766. The Bertz CT molecular complexity index is 712. The van der Waals surface area contributed by atoms with Crippen LogP contribution in [0.15, 0.2) is 36.4 Å². The Kier molecular flexibility index (Phi) is 3.87. The molecule has 0 atom stereocenters. The second-order valence-corrected chi connectivity index (χ2v) is 6.26. The van der Waals surface area contributed by atoms with Crippen molar-refractivity contribution in [2.24, 2.45) is 5.73 Å². The molecule has 0 unspecified atom stereocenters. The van der Waals surface area contributed by atoms with E-state index in [0.717, 1.165) is 30.6 Å².